The summed E-state index contributed by atoms with van der Waals surface area (Å²) in [6.45, 7) is 1.22. The molecule has 0 aliphatic rings. The van der Waals surface area contributed by atoms with E-state index >= 15 is 0 Å². The lowest BCUT2D eigenvalue weighted by molar-refractivity contribution is -0.120. The minimum Gasteiger partial charge on any atom is -0.496 e. The Bertz CT molecular complexity index is 1020. The number of hydrogen-bond donors (Lipinski definition) is 3. The second kappa shape index (κ2) is 6.79. The van der Waals surface area contributed by atoms with E-state index in [-0.39, 0.29) is 17.9 Å². The Morgan fingerprint density at radius 3 is 2.69 bits per heavy atom. The molecule has 2 heterocycles. The summed E-state index contributed by atoms with van der Waals surface area (Å²) in [5, 5.41) is 9.83. The summed E-state index contributed by atoms with van der Waals surface area (Å²) < 4.78 is 5.34. The molecule has 1 aromatic carbocycles. The zero-order valence-corrected chi connectivity index (χ0v) is 14.5. The number of hydrogen-bond acceptors (Lipinski definition) is 6. The minimum atomic E-state index is -0.607. The van der Waals surface area contributed by atoms with Gasteiger partial charge in [0.2, 0.25) is 11.7 Å². The highest BCUT2D eigenvalue weighted by molar-refractivity contribution is 6.45. The van der Waals surface area contributed by atoms with Crippen LogP contribution in [-0.4, -0.2) is 51.8 Å². The van der Waals surface area contributed by atoms with Crippen LogP contribution in [0.1, 0.15) is 23.1 Å². The maximum absolute atomic E-state index is 12.2. The van der Waals surface area contributed by atoms with E-state index in [1.165, 1.54) is 27.3 Å². The summed E-state index contributed by atoms with van der Waals surface area (Å²) in [5.41, 5.74) is 1.45. The molecule has 26 heavy (non-hydrogen) atoms. The first-order chi connectivity index (χ1) is 12.5. The van der Waals surface area contributed by atoms with Gasteiger partial charge in [0.25, 0.3) is 0 Å². The van der Waals surface area contributed by atoms with E-state index in [0.29, 0.717) is 33.9 Å². The van der Waals surface area contributed by atoms with Crippen molar-refractivity contribution in [3.63, 3.8) is 0 Å². The number of nitrogens with one attached hydrogen (secondary N) is 3. The predicted octanol–water partition coefficient (Wildman–Crippen LogP) is 1.02. The van der Waals surface area contributed by atoms with Crippen molar-refractivity contribution >= 4 is 28.4 Å². The number of carbonyl (C=O) groups excluding carboxylic acids is 3. The first-order valence-corrected chi connectivity index (χ1v) is 7.81. The number of Topliss-reactive ketones (excluding diaryl/α,β-unsaturated/α-hetero) is 2. The lowest BCUT2D eigenvalue weighted by Gasteiger charge is -2.06. The van der Waals surface area contributed by atoms with Gasteiger partial charge in [-0.2, -0.15) is 5.10 Å². The normalized spacial score (nSPS) is 10.7. The number of aromatic amines is 2. The topological polar surface area (TPSA) is 130 Å². The Kier molecular flexibility index (Phi) is 4.53. The minimum absolute atomic E-state index is 0.0467. The largest absolute Gasteiger partial charge is 0.496 e. The van der Waals surface area contributed by atoms with Gasteiger partial charge in [0.15, 0.2) is 17.4 Å². The van der Waals surface area contributed by atoms with Gasteiger partial charge in [-0.15, -0.1) is 0 Å². The van der Waals surface area contributed by atoms with Gasteiger partial charge in [0.1, 0.15) is 5.75 Å². The first-order valence-electron chi connectivity index (χ1n) is 7.81. The summed E-state index contributed by atoms with van der Waals surface area (Å²) in [7, 11) is 3.02. The van der Waals surface area contributed by atoms with Crippen molar-refractivity contribution in [1.82, 2.24) is 25.5 Å². The third kappa shape index (κ3) is 2.94. The van der Waals surface area contributed by atoms with Crippen LogP contribution in [0.15, 0.2) is 18.3 Å². The summed E-state index contributed by atoms with van der Waals surface area (Å²) in [6, 6.07) is 3.44. The fourth-order valence-corrected chi connectivity index (χ4v) is 2.68. The molecule has 0 radical (unpaired) electrons. The van der Waals surface area contributed by atoms with E-state index < -0.39 is 11.6 Å². The number of likely N-dealkylation sites (N-methyl/N-ethyl adjacent to an activating group) is 1. The number of nitrogens with zero attached hydrogens (tertiary/aromatic N) is 2. The standard InChI is InChI=1S/C17H17N5O4/c1-8(23)16(25)10-7-19-15-9(4-5-11(26-3)14(10)15)17-20-12(21-22-17)6-13(24)18-2/h4-5,7,19H,6H2,1-3H3,(H,18,24)(H,20,21,22). The van der Waals surface area contributed by atoms with Gasteiger partial charge in [-0.1, -0.05) is 0 Å². The van der Waals surface area contributed by atoms with Crippen molar-refractivity contribution < 1.29 is 19.1 Å². The van der Waals surface area contributed by atoms with E-state index in [9.17, 15) is 14.4 Å². The first kappa shape index (κ1) is 17.3. The zero-order chi connectivity index (χ0) is 18.8. The number of ketones is 2. The van der Waals surface area contributed by atoms with Gasteiger partial charge >= 0.3 is 0 Å². The number of carbonyl (C=O) groups is 3. The van der Waals surface area contributed by atoms with Crippen LogP contribution < -0.4 is 10.1 Å². The molecule has 0 unspecified atom stereocenters. The molecule has 0 saturated carbocycles. The van der Waals surface area contributed by atoms with E-state index in [0.717, 1.165) is 0 Å². The monoisotopic (exact) mass is 355 g/mol. The van der Waals surface area contributed by atoms with Gasteiger partial charge in [0.05, 0.1) is 30.0 Å². The Labute approximate surface area is 148 Å². The van der Waals surface area contributed by atoms with Crippen molar-refractivity contribution in [3.8, 4) is 17.1 Å². The van der Waals surface area contributed by atoms with Crippen molar-refractivity contribution in [3.05, 3.63) is 29.7 Å². The van der Waals surface area contributed by atoms with Gasteiger partial charge < -0.3 is 15.0 Å². The average Bonchev–Trinajstić information content (AvgIpc) is 3.27. The molecule has 3 rings (SSSR count). The van der Waals surface area contributed by atoms with Crippen LogP contribution in [-0.2, 0) is 16.0 Å². The number of amides is 1. The van der Waals surface area contributed by atoms with Crippen LogP contribution in [0.4, 0.5) is 0 Å². The molecule has 1 amide bonds. The Balaban J connectivity index is 2.12. The third-order valence-electron chi connectivity index (χ3n) is 3.97. The molecular formula is C17H17N5O4. The van der Waals surface area contributed by atoms with Crippen LogP contribution in [0.3, 0.4) is 0 Å². The van der Waals surface area contributed by atoms with Crippen LogP contribution in [0.25, 0.3) is 22.3 Å². The van der Waals surface area contributed by atoms with Crippen molar-refractivity contribution in [2.45, 2.75) is 13.3 Å². The van der Waals surface area contributed by atoms with Crippen molar-refractivity contribution in [2.75, 3.05) is 14.2 Å². The fourth-order valence-electron chi connectivity index (χ4n) is 2.68. The van der Waals surface area contributed by atoms with E-state index in [1.54, 1.807) is 12.1 Å². The lowest BCUT2D eigenvalue weighted by Crippen LogP contribution is -2.20. The molecule has 3 aromatic rings. The molecule has 0 bridgehead atoms. The van der Waals surface area contributed by atoms with Crippen LogP contribution >= 0.6 is 0 Å². The molecule has 0 spiro atoms. The summed E-state index contributed by atoms with van der Waals surface area (Å²) in [6.07, 6.45) is 1.52. The number of methoxy groups -OCH3 is 1. The van der Waals surface area contributed by atoms with Gasteiger partial charge in [-0.25, -0.2) is 4.98 Å². The fraction of sp³-hybridized carbons (Fsp3) is 0.235. The molecule has 0 fully saturated rings. The van der Waals surface area contributed by atoms with Gasteiger partial charge in [-0.3, -0.25) is 19.5 Å². The highest BCUT2D eigenvalue weighted by Gasteiger charge is 2.22. The molecule has 3 N–H and O–H groups in total. The second-order valence-corrected chi connectivity index (χ2v) is 5.60. The Hall–Kier alpha value is -3.49. The molecule has 2 aromatic heterocycles. The Morgan fingerprint density at radius 1 is 1.27 bits per heavy atom. The van der Waals surface area contributed by atoms with Gasteiger partial charge in [-0.05, 0) is 12.1 Å². The van der Waals surface area contributed by atoms with Crippen LogP contribution in [0, 0.1) is 0 Å². The number of benzene rings is 1. The maximum Gasteiger partial charge on any atom is 0.230 e. The predicted molar refractivity (Wildman–Crippen MR) is 93.0 cm³/mol. The molecule has 0 aliphatic carbocycles. The zero-order valence-electron chi connectivity index (χ0n) is 14.5. The van der Waals surface area contributed by atoms with Crippen molar-refractivity contribution in [2.24, 2.45) is 0 Å². The molecule has 9 heteroatoms. The SMILES string of the molecule is CNC(=O)Cc1n[nH]c(-c2ccc(OC)c3c(C(=O)C(C)=O)c[nH]c23)n1. The van der Waals surface area contributed by atoms with E-state index in [2.05, 4.69) is 25.5 Å². The quantitative estimate of drug-likeness (QED) is 0.447. The van der Waals surface area contributed by atoms with Crippen LogP contribution in [0.5, 0.6) is 5.75 Å². The summed E-state index contributed by atoms with van der Waals surface area (Å²) in [4.78, 5) is 42.5. The molecular weight excluding hydrogens is 338 g/mol. The van der Waals surface area contributed by atoms with Gasteiger partial charge in [0, 0.05) is 25.7 Å². The summed E-state index contributed by atoms with van der Waals surface area (Å²) >= 11 is 0. The molecule has 9 nitrogen and oxygen atoms in total. The number of rotatable bonds is 6. The molecule has 0 aliphatic heterocycles. The summed E-state index contributed by atoms with van der Waals surface area (Å²) in [5.74, 6) is -0.144. The smallest absolute Gasteiger partial charge is 0.230 e. The highest BCUT2D eigenvalue weighted by atomic mass is 16.5. The molecule has 0 atom stereocenters. The second-order valence-electron chi connectivity index (χ2n) is 5.60. The van der Waals surface area contributed by atoms with E-state index in [1.807, 2.05) is 0 Å². The molecule has 0 saturated heterocycles. The average molecular weight is 355 g/mol. The van der Waals surface area contributed by atoms with Crippen LogP contribution in [0.2, 0.25) is 0 Å². The molecule has 134 valence electrons. The number of H-pyrrole nitrogens is 2. The lowest BCUT2D eigenvalue weighted by atomic mass is 10.0. The number of ether oxygens (including phenoxy) is 1. The third-order valence-corrected chi connectivity index (χ3v) is 3.97. The Morgan fingerprint density at radius 2 is 2.04 bits per heavy atom. The number of aromatic nitrogens is 4. The van der Waals surface area contributed by atoms with Crippen molar-refractivity contribution in [1.29, 1.82) is 0 Å². The highest BCUT2D eigenvalue weighted by Crippen LogP contribution is 2.35. The number of fused-ring (bicyclic) bond motifs is 1. The maximum atomic E-state index is 12.2. The van der Waals surface area contributed by atoms with E-state index in [4.69, 9.17) is 4.74 Å².